The lowest BCUT2D eigenvalue weighted by molar-refractivity contribution is 0.0593. The summed E-state index contributed by atoms with van der Waals surface area (Å²) in [5.41, 5.74) is 5.59. The van der Waals surface area contributed by atoms with Crippen molar-refractivity contribution in [3.63, 3.8) is 0 Å². The van der Waals surface area contributed by atoms with E-state index in [9.17, 15) is 9.59 Å². The van der Waals surface area contributed by atoms with Crippen LogP contribution in [0.1, 0.15) is 20.8 Å². The molecule has 1 amide bonds. The number of hydrogen-bond donors (Lipinski definition) is 1. The smallest absolute Gasteiger partial charge is 0.358 e. The first-order valence-corrected chi connectivity index (χ1v) is 5.58. The molecule has 2 N–H and O–H groups in total. The van der Waals surface area contributed by atoms with Crippen LogP contribution in [0, 0.1) is 0 Å². The normalized spacial score (nSPS) is 9.85. The molecule has 0 atom stereocenters. The quantitative estimate of drug-likeness (QED) is 0.838. The van der Waals surface area contributed by atoms with Crippen molar-refractivity contribution in [1.82, 2.24) is 9.97 Å². The summed E-state index contributed by atoms with van der Waals surface area (Å²) in [7, 11) is 1.26. The van der Waals surface area contributed by atoms with Gasteiger partial charge in [-0.2, -0.15) is 0 Å². The van der Waals surface area contributed by atoms with E-state index in [-0.39, 0.29) is 11.6 Å². The molecule has 20 heavy (non-hydrogen) atoms. The van der Waals surface area contributed by atoms with Crippen molar-refractivity contribution in [3.05, 3.63) is 47.9 Å². The lowest BCUT2D eigenvalue weighted by atomic mass is 10.2. The van der Waals surface area contributed by atoms with Crippen LogP contribution in [0.15, 0.2) is 36.7 Å². The number of benzene rings is 1. The van der Waals surface area contributed by atoms with Crippen LogP contribution in [0.25, 0.3) is 0 Å². The fraction of sp³-hybridized carbons (Fsp3) is 0.0769. The van der Waals surface area contributed by atoms with Gasteiger partial charge >= 0.3 is 5.97 Å². The third-order valence-corrected chi connectivity index (χ3v) is 2.38. The van der Waals surface area contributed by atoms with E-state index in [2.05, 4.69) is 14.7 Å². The number of carbonyl (C=O) groups excluding carboxylic acids is 2. The number of carbonyl (C=O) groups is 2. The lowest BCUT2D eigenvalue weighted by Gasteiger charge is -2.05. The van der Waals surface area contributed by atoms with E-state index in [1.807, 2.05) is 0 Å². The lowest BCUT2D eigenvalue weighted by Crippen LogP contribution is -2.10. The highest BCUT2D eigenvalue weighted by Gasteiger charge is 2.08. The largest absolute Gasteiger partial charge is 0.464 e. The Morgan fingerprint density at radius 2 is 1.80 bits per heavy atom. The maximum Gasteiger partial charge on any atom is 0.358 e. The molecule has 0 spiro atoms. The van der Waals surface area contributed by atoms with Crippen LogP contribution in [0.3, 0.4) is 0 Å². The predicted molar refractivity (Wildman–Crippen MR) is 68.4 cm³/mol. The molecule has 7 heteroatoms. The van der Waals surface area contributed by atoms with Gasteiger partial charge in [0.25, 0.3) is 0 Å². The first-order chi connectivity index (χ1) is 9.60. The van der Waals surface area contributed by atoms with Crippen LogP contribution in [0.4, 0.5) is 0 Å². The third kappa shape index (κ3) is 3.08. The molecule has 1 aromatic carbocycles. The Morgan fingerprint density at radius 3 is 2.30 bits per heavy atom. The highest BCUT2D eigenvalue weighted by molar-refractivity contribution is 5.92. The van der Waals surface area contributed by atoms with Gasteiger partial charge in [0.2, 0.25) is 11.8 Å². The van der Waals surface area contributed by atoms with Gasteiger partial charge in [-0.3, -0.25) is 4.79 Å². The summed E-state index contributed by atoms with van der Waals surface area (Å²) in [6.07, 6.45) is 2.55. The number of ether oxygens (including phenoxy) is 2. The zero-order chi connectivity index (χ0) is 14.5. The Kier molecular flexibility index (Phi) is 3.90. The van der Waals surface area contributed by atoms with Crippen molar-refractivity contribution in [1.29, 1.82) is 0 Å². The highest BCUT2D eigenvalue weighted by Crippen LogP contribution is 2.18. The van der Waals surface area contributed by atoms with E-state index in [0.29, 0.717) is 11.3 Å². The van der Waals surface area contributed by atoms with Crippen molar-refractivity contribution in [2.45, 2.75) is 0 Å². The predicted octanol–water partition coefficient (Wildman–Crippen LogP) is 1.15. The number of esters is 1. The summed E-state index contributed by atoms with van der Waals surface area (Å²) in [6.45, 7) is 0. The summed E-state index contributed by atoms with van der Waals surface area (Å²) in [6, 6.07) is 6.23. The Hall–Kier alpha value is -2.96. The van der Waals surface area contributed by atoms with Crippen LogP contribution < -0.4 is 10.5 Å². The Morgan fingerprint density at radius 1 is 1.10 bits per heavy atom. The van der Waals surface area contributed by atoms with Gasteiger partial charge < -0.3 is 15.2 Å². The molecule has 0 aliphatic heterocycles. The average Bonchev–Trinajstić information content (AvgIpc) is 2.48. The van der Waals surface area contributed by atoms with E-state index in [1.165, 1.54) is 31.6 Å². The minimum Gasteiger partial charge on any atom is -0.464 e. The number of methoxy groups -OCH3 is 1. The van der Waals surface area contributed by atoms with E-state index in [1.54, 1.807) is 12.1 Å². The Labute approximate surface area is 114 Å². The van der Waals surface area contributed by atoms with Crippen molar-refractivity contribution in [2.24, 2.45) is 5.73 Å². The van der Waals surface area contributed by atoms with Gasteiger partial charge in [-0.05, 0) is 24.3 Å². The van der Waals surface area contributed by atoms with E-state index in [4.69, 9.17) is 10.5 Å². The Balaban J connectivity index is 2.10. The summed E-state index contributed by atoms with van der Waals surface area (Å²) in [5.74, 6) is -0.409. The minimum atomic E-state index is -0.574. The number of hydrogen-bond acceptors (Lipinski definition) is 6. The SMILES string of the molecule is COC(=O)c1cnc(Oc2ccc(C(N)=O)cc2)cn1. The van der Waals surface area contributed by atoms with Crippen molar-refractivity contribution >= 4 is 11.9 Å². The topological polar surface area (TPSA) is 104 Å². The van der Waals surface area contributed by atoms with Gasteiger partial charge in [0.05, 0.1) is 19.5 Å². The fourth-order valence-corrected chi connectivity index (χ4v) is 1.39. The van der Waals surface area contributed by atoms with Crippen LogP contribution >= 0.6 is 0 Å². The second-order valence-corrected chi connectivity index (χ2v) is 3.72. The Bertz CT molecular complexity index is 623. The van der Waals surface area contributed by atoms with Crippen LogP contribution in [0.5, 0.6) is 11.6 Å². The number of nitrogens with zero attached hydrogens (tertiary/aromatic N) is 2. The first kappa shape index (κ1) is 13.5. The second-order valence-electron chi connectivity index (χ2n) is 3.72. The zero-order valence-electron chi connectivity index (χ0n) is 10.6. The molecule has 0 aliphatic carbocycles. The molecule has 0 saturated carbocycles. The minimum absolute atomic E-state index is 0.0870. The number of amides is 1. The van der Waals surface area contributed by atoms with Crippen LogP contribution in [-0.4, -0.2) is 29.0 Å². The molecule has 0 bridgehead atoms. The molecular weight excluding hydrogens is 262 g/mol. The zero-order valence-corrected chi connectivity index (χ0v) is 10.6. The summed E-state index contributed by atoms with van der Waals surface area (Å²) >= 11 is 0. The molecular formula is C13H11N3O4. The molecule has 102 valence electrons. The highest BCUT2D eigenvalue weighted by atomic mass is 16.5. The molecule has 2 rings (SSSR count). The third-order valence-electron chi connectivity index (χ3n) is 2.38. The molecule has 2 aromatic rings. The van der Waals surface area contributed by atoms with Gasteiger partial charge in [0, 0.05) is 5.56 Å². The maximum absolute atomic E-state index is 11.2. The van der Waals surface area contributed by atoms with Gasteiger partial charge in [0.1, 0.15) is 5.75 Å². The number of rotatable bonds is 4. The maximum atomic E-state index is 11.2. The fourth-order valence-electron chi connectivity index (χ4n) is 1.39. The number of primary amides is 1. The molecule has 1 aromatic heterocycles. The van der Waals surface area contributed by atoms with Crippen molar-refractivity contribution in [2.75, 3.05) is 7.11 Å². The standard InChI is InChI=1S/C13H11N3O4/c1-19-13(18)10-6-16-11(7-15-10)20-9-4-2-8(3-5-9)12(14)17/h2-7H,1H3,(H2,14,17). The molecule has 0 fully saturated rings. The number of nitrogens with two attached hydrogens (primary N) is 1. The van der Waals surface area contributed by atoms with E-state index >= 15 is 0 Å². The van der Waals surface area contributed by atoms with Gasteiger partial charge in [-0.25, -0.2) is 14.8 Å². The van der Waals surface area contributed by atoms with Crippen LogP contribution in [-0.2, 0) is 4.74 Å². The van der Waals surface area contributed by atoms with Gasteiger partial charge in [-0.15, -0.1) is 0 Å². The van der Waals surface area contributed by atoms with Crippen molar-refractivity contribution < 1.29 is 19.1 Å². The second kappa shape index (κ2) is 5.79. The van der Waals surface area contributed by atoms with E-state index in [0.717, 1.165) is 0 Å². The summed E-state index contributed by atoms with van der Waals surface area (Å²) in [5, 5.41) is 0. The monoisotopic (exact) mass is 273 g/mol. The van der Waals surface area contributed by atoms with E-state index < -0.39 is 11.9 Å². The van der Waals surface area contributed by atoms with Crippen molar-refractivity contribution in [3.8, 4) is 11.6 Å². The summed E-state index contributed by atoms with van der Waals surface area (Å²) in [4.78, 5) is 29.9. The summed E-state index contributed by atoms with van der Waals surface area (Å²) < 4.78 is 9.91. The molecule has 0 radical (unpaired) electrons. The molecule has 0 saturated heterocycles. The first-order valence-electron chi connectivity index (χ1n) is 5.58. The van der Waals surface area contributed by atoms with Crippen LogP contribution in [0.2, 0.25) is 0 Å². The number of aromatic nitrogens is 2. The van der Waals surface area contributed by atoms with Gasteiger partial charge in [0.15, 0.2) is 5.69 Å². The average molecular weight is 273 g/mol. The van der Waals surface area contributed by atoms with Gasteiger partial charge in [-0.1, -0.05) is 0 Å². The molecule has 1 heterocycles. The molecule has 0 aliphatic rings. The molecule has 0 unspecified atom stereocenters. The molecule has 7 nitrogen and oxygen atoms in total.